The zero-order chi connectivity index (χ0) is 12.7. The van der Waals surface area contributed by atoms with E-state index in [4.69, 9.17) is 8.92 Å². The minimum Gasteiger partial charge on any atom is -0.748 e. The minimum absolute atomic E-state index is 0. The minimum atomic E-state index is -4.15. The van der Waals surface area contributed by atoms with Crippen LogP contribution in [0.25, 0.3) is 0 Å². The summed E-state index contributed by atoms with van der Waals surface area (Å²) < 4.78 is 41.4. The van der Waals surface area contributed by atoms with Crippen LogP contribution >= 0.6 is 12.0 Å². The Bertz CT molecular complexity index is 432. The summed E-state index contributed by atoms with van der Waals surface area (Å²) in [5.74, 6) is 0.925. The second kappa shape index (κ2) is 9.06. The van der Waals surface area contributed by atoms with E-state index in [1.165, 1.54) is 12.0 Å². The average molecular weight is 300 g/mol. The van der Waals surface area contributed by atoms with Crippen LogP contribution in [0, 0.1) is 0 Å². The summed E-state index contributed by atoms with van der Waals surface area (Å²) in [6.45, 7) is 0.199. The summed E-state index contributed by atoms with van der Waals surface area (Å²) in [5.41, 5.74) is 0. The van der Waals surface area contributed by atoms with Gasteiger partial charge in [0, 0.05) is 12.0 Å². The van der Waals surface area contributed by atoms with Gasteiger partial charge in [-0.2, -0.15) is 0 Å². The average Bonchev–Trinajstić information content (AvgIpc) is 2.26. The van der Waals surface area contributed by atoms with Crippen LogP contribution in [0.3, 0.4) is 0 Å². The Balaban J connectivity index is 0.00000289. The number of rotatable bonds is 7. The van der Waals surface area contributed by atoms with Crippen LogP contribution < -0.4 is 38.5 Å². The third-order valence-electron chi connectivity index (χ3n) is 1.81. The van der Waals surface area contributed by atoms with Crippen molar-refractivity contribution in [2.75, 3.05) is 18.6 Å². The molecule has 0 unspecified atom stereocenters. The Morgan fingerprint density at radius 3 is 2.28 bits per heavy atom. The third-order valence-corrected chi connectivity index (χ3v) is 2.96. The number of hydrogen-bond acceptors (Lipinski definition) is 6. The van der Waals surface area contributed by atoms with E-state index in [-0.39, 0.29) is 42.6 Å². The standard InChI is InChI=1S/C10H14O5S2.Na/c1-16-15-10-5-3-9(4-6-10)14-7-2-8-17(11,12)13;/h3-6H,2,7-8H2,1H3,(H,11,12,13);/q;+1/p-1. The van der Waals surface area contributed by atoms with Crippen molar-refractivity contribution in [3.63, 3.8) is 0 Å². The summed E-state index contributed by atoms with van der Waals surface area (Å²) in [7, 11) is -4.15. The molecule has 1 aromatic rings. The fourth-order valence-electron chi connectivity index (χ4n) is 1.11. The fourth-order valence-corrected chi connectivity index (χ4v) is 1.89. The fraction of sp³-hybridized carbons (Fsp3) is 0.400. The first-order valence-electron chi connectivity index (χ1n) is 4.88. The van der Waals surface area contributed by atoms with Crippen molar-refractivity contribution >= 4 is 22.2 Å². The summed E-state index contributed by atoms with van der Waals surface area (Å²) in [4.78, 5) is 0. The molecule has 0 aliphatic carbocycles. The molecule has 18 heavy (non-hydrogen) atoms. The third kappa shape index (κ3) is 8.23. The van der Waals surface area contributed by atoms with Crippen molar-refractivity contribution in [1.82, 2.24) is 0 Å². The molecule has 0 radical (unpaired) electrons. The van der Waals surface area contributed by atoms with Gasteiger partial charge in [0.25, 0.3) is 0 Å². The molecule has 0 aliphatic rings. The molecule has 0 aliphatic heterocycles. The summed E-state index contributed by atoms with van der Waals surface area (Å²) in [5, 5.41) is 0. The van der Waals surface area contributed by atoms with Crippen molar-refractivity contribution in [2.24, 2.45) is 0 Å². The van der Waals surface area contributed by atoms with Crippen LogP contribution in [0.4, 0.5) is 0 Å². The van der Waals surface area contributed by atoms with Crippen LogP contribution in [-0.2, 0) is 10.1 Å². The zero-order valence-electron chi connectivity index (χ0n) is 10.3. The molecule has 0 saturated carbocycles. The van der Waals surface area contributed by atoms with E-state index in [0.29, 0.717) is 11.5 Å². The van der Waals surface area contributed by atoms with E-state index >= 15 is 0 Å². The van der Waals surface area contributed by atoms with Gasteiger partial charge in [-0.3, -0.25) is 0 Å². The predicted octanol–water partition coefficient (Wildman–Crippen LogP) is -1.34. The maximum absolute atomic E-state index is 10.3. The van der Waals surface area contributed by atoms with Crippen molar-refractivity contribution in [2.45, 2.75) is 6.42 Å². The summed E-state index contributed by atoms with van der Waals surface area (Å²) in [6.07, 6.45) is 2.00. The van der Waals surface area contributed by atoms with Crippen molar-refractivity contribution < 1.29 is 51.4 Å². The molecule has 5 nitrogen and oxygen atoms in total. The molecule has 96 valence electrons. The van der Waals surface area contributed by atoms with Crippen LogP contribution in [0.2, 0.25) is 0 Å². The summed E-state index contributed by atoms with van der Waals surface area (Å²) >= 11 is 1.24. The van der Waals surface area contributed by atoms with Gasteiger partial charge in [-0.25, -0.2) is 8.42 Å². The molecule has 0 aromatic heterocycles. The SMILES string of the molecule is CSOc1ccc(OCCCS(=O)(=O)[O-])cc1.[Na+]. The number of benzene rings is 1. The molecular weight excluding hydrogens is 287 g/mol. The molecule has 0 atom stereocenters. The topological polar surface area (TPSA) is 75.7 Å². The van der Waals surface area contributed by atoms with E-state index in [2.05, 4.69) is 0 Å². The van der Waals surface area contributed by atoms with E-state index < -0.39 is 15.9 Å². The van der Waals surface area contributed by atoms with Crippen LogP contribution in [-0.4, -0.2) is 31.6 Å². The largest absolute Gasteiger partial charge is 1.00 e. The molecule has 8 heteroatoms. The molecule has 1 aromatic carbocycles. The Labute approximate surface area is 133 Å². The Morgan fingerprint density at radius 1 is 1.22 bits per heavy atom. The Kier molecular flexibility index (Phi) is 9.10. The van der Waals surface area contributed by atoms with Crippen LogP contribution in [0.15, 0.2) is 24.3 Å². The summed E-state index contributed by atoms with van der Waals surface area (Å²) in [6, 6.07) is 6.93. The molecular formula is C10H13NaO5S2. The van der Waals surface area contributed by atoms with Crippen molar-refractivity contribution in [3.05, 3.63) is 24.3 Å². The second-order valence-corrected chi connectivity index (χ2v) is 5.21. The molecule has 0 amide bonds. The monoisotopic (exact) mass is 300 g/mol. The van der Waals surface area contributed by atoms with Crippen molar-refractivity contribution in [3.8, 4) is 11.5 Å². The Hall–Kier alpha value is 0.0800. The first-order valence-corrected chi connectivity index (χ1v) is 7.61. The van der Waals surface area contributed by atoms with Gasteiger partial charge in [0.1, 0.15) is 11.5 Å². The molecule has 0 saturated heterocycles. The maximum Gasteiger partial charge on any atom is 1.00 e. The maximum atomic E-state index is 10.3. The Morgan fingerprint density at radius 2 is 1.78 bits per heavy atom. The van der Waals surface area contributed by atoms with Gasteiger partial charge in [0.15, 0.2) is 0 Å². The van der Waals surface area contributed by atoms with Gasteiger partial charge in [-0.1, -0.05) is 0 Å². The first-order chi connectivity index (χ1) is 8.01. The van der Waals surface area contributed by atoms with Gasteiger partial charge in [-0.15, -0.1) is 0 Å². The molecule has 0 fully saturated rings. The van der Waals surface area contributed by atoms with Crippen molar-refractivity contribution in [1.29, 1.82) is 0 Å². The molecule has 0 heterocycles. The van der Waals surface area contributed by atoms with E-state index in [1.54, 1.807) is 24.3 Å². The zero-order valence-corrected chi connectivity index (χ0v) is 13.9. The number of ether oxygens (including phenoxy) is 1. The molecule has 0 N–H and O–H groups in total. The van der Waals surface area contributed by atoms with Gasteiger partial charge in [-0.05, 0) is 30.7 Å². The predicted molar refractivity (Wildman–Crippen MR) is 65.3 cm³/mol. The number of hydrogen-bond donors (Lipinski definition) is 0. The normalized spacial score (nSPS) is 10.6. The van der Waals surface area contributed by atoms with E-state index in [9.17, 15) is 13.0 Å². The van der Waals surface area contributed by atoms with Gasteiger partial charge >= 0.3 is 29.6 Å². The molecule has 1 rings (SSSR count). The van der Waals surface area contributed by atoms with Gasteiger partial charge in [0.05, 0.1) is 28.8 Å². The first kappa shape index (κ1) is 18.1. The molecule has 0 bridgehead atoms. The quantitative estimate of drug-likeness (QED) is 0.269. The van der Waals surface area contributed by atoms with E-state index in [0.717, 1.165) is 0 Å². The van der Waals surface area contributed by atoms with Crippen LogP contribution in [0.5, 0.6) is 11.5 Å². The molecule has 0 spiro atoms. The second-order valence-electron chi connectivity index (χ2n) is 3.19. The van der Waals surface area contributed by atoms with Gasteiger partial charge < -0.3 is 13.5 Å². The van der Waals surface area contributed by atoms with Gasteiger partial charge in [0.2, 0.25) is 0 Å². The van der Waals surface area contributed by atoms with E-state index in [1.807, 2.05) is 6.26 Å². The van der Waals surface area contributed by atoms with Crippen LogP contribution in [0.1, 0.15) is 6.42 Å². The smallest absolute Gasteiger partial charge is 0.748 e.